The molecule has 0 rings (SSSR count). The third kappa shape index (κ3) is 15.6. The summed E-state index contributed by atoms with van der Waals surface area (Å²) in [5.41, 5.74) is 0. The molecule has 1 heteroatoms. The number of hydrogen-bond acceptors (Lipinski definition) is 1. The predicted molar refractivity (Wildman–Crippen MR) is 98.8 cm³/mol. The molecule has 0 bridgehead atoms. The molecule has 0 aliphatic rings. The summed E-state index contributed by atoms with van der Waals surface area (Å²) in [6, 6.07) is 0. The molecule has 0 radical (unpaired) electrons. The van der Waals surface area contributed by atoms with Gasteiger partial charge in [0.2, 0.25) is 0 Å². The Morgan fingerprint density at radius 1 is 0.909 bits per heavy atom. The molecule has 22 heavy (non-hydrogen) atoms. The van der Waals surface area contributed by atoms with Gasteiger partial charge in [0.15, 0.2) is 0 Å². The maximum absolute atomic E-state index is 9.16. The zero-order valence-electron chi connectivity index (χ0n) is 15.0. The van der Waals surface area contributed by atoms with Crippen LogP contribution in [0.25, 0.3) is 0 Å². The van der Waals surface area contributed by atoms with Gasteiger partial charge in [-0.05, 0) is 24.8 Å². The van der Waals surface area contributed by atoms with Crippen molar-refractivity contribution in [3.63, 3.8) is 0 Å². The molecular weight excluding hydrogens is 268 g/mol. The molecule has 1 unspecified atom stereocenters. The summed E-state index contributed by atoms with van der Waals surface area (Å²) in [6.07, 6.45) is 25.6. The third-order valence-electron chi connectivity index (χ3n) is 4.36. The lowest BCUT2D eigenvalue weighted by atomic mass is 9.97. The number of allylic oxidation sites excluding steroid dienone is 1. The van der Waals surface area contributed by atoms with Crippen molar-refractivity contribution < 1.29 is 5.11 Å². The standard InChI is InChI=1S/C21H38O/c1-4-6-17-20(3)18-15-13-11-9-7-8-10-12-14-16-19-21(22)5-2/h2,16,19-22H,4,6-15,17-18H2,1,3H3/b19-16+/t20?,21-/m0/s1. The summed E-state index contributed by atoms with van der Waals surface area (Å²) in [7, 11) is 0. The second-order valence-corrected chi connectivity index (χ2v) is 6.69. The van der Waals surface area contributed by atoms with Gasteiger partial charge in [0.1, 0.15) is 6.10 Å². The first-order valence-corrected chi connectivity index (χ1v) is 9.51. The average Bonchev–Trinajstić information content (AvgIpc) is 2.53. The Morgan fingerprint density at radius 2 is 1.45 bits per heavy atom. The first kappa shape index (κ1) is 21.3. The van der Waals surface area contributed by atoms with Crippen LogP contribution >= 0.6 is 0 Å². The van der Waals surface area contributed by atoms with Crippen molar-refractivity contribution in [3.05, 3.63) is 12.2 Å². The fourth-order valence-corrected chi connectivity index (χ4v) is 2.79. The second kappa shape index (κ2) is 16.6. The van der Waals surface area contributed by atoms with Gasteiger partial charge in [0.05, 0.1) is 0 Å². The Hall–Kier alpha value is -0.740. The van der Waals surface area contributed by atoms with Crippen molar-refractivity contribution in [2.45, 2.75) is 103 Å². The van der Waals surface area contributed by atoms with Crippen LogP contribution in [-0.4, -0.2) is 11.2 Å². The van der Waals surface area contributed by atoms with Crippen LogP contribution in [0.15, 0.2) is 12.2 Å². The lowest BCUT2D eigenvalue weighted by Crippen LogP contribution is -1.95. The molecule has 0 amide bonds. The number of aliphatic hydroxyl groups is 1. The SMILES string of the molecule is C#C[C@H](O)/C=C/CCCCCCCCCCC(C)CCCC. The second-order valence-electron chi connectivity index (χ2n) is 6.69. The zero-order valence-corrected chi connectivity index (χ0v) is 15.0. The Kier molecular flexibility index (Phi) is 16.1. The van der Waals surface area contributed by atoms with Crippen LogP contribution in [0.5, 0.6) is 0 Å². The number of rotatable bonds is 15. The van der Waals surface area contributed by atoms with Crippen molar-refractivity contribution in [1.29, 1.82) is 0 Å². The van der Waals surface area contributed by atoms with Gasteiger partial charge < -0.3 is 5.11 Å². The van der Waals surface area contributed by atoms with Gasteiger partial charge in [-0.15, -0.1) is 6.42 Å². The van der Waals surface area contributed by atoms with Crippen LogP contribution in [-0.2, 0) is 0 Å². The summed E-state index contributed by atoms with van der Waals surface area (Å²) in [5.74, 6) is 3.22. The molecular formula is C21H38O. The van der Waals surface area contributed by atoms with Crippen LogP contribution in [0, 0.1) is 18.3 Å². The normalized spacial score (nSPS) is 14.1. The van der Waals surface area contributed by atoms with Gasteiger partial charge >= 0.3 is 0 Å². The van der Waals surface area contributed by atoms with Gasteiger partial charge in [-0.25, -0.2) is 0 Å². The summed E-state index contributed by atoms with van der Waals surface area (Å²) < 4.78 is 0. The van der Waals surface area contributed by atoms with Crippen LogP contribution < -0.4 is 0 Å². The first-order chi connectivity index (χ1) is 10.7. The Morgan fingerprint density at radius 3 is 2.05 bits per heavy atom. The average molecular weight is 307 g/mol. The fraction of sp³-hybridized carbons (Fsp3) is 0.810. The molecule has 0 aliphatic carbocycles. The zero-order chi connectivity index (χ0) is 16.5. The summed E-state index contributed by atoms with van der Waals surface area (Å²) >= 11 is 0. The topological polar surface area (TPSA) is 20.2 Å². The highest BCUT2D eigenvalue weighted by Crippen LogP contribution is 2.17. The van der Waals surface area contributed by atoms with E-state index in [2.05, 4.69) is 19.8 Å². The van der Waals surface area contributed by atoms with Crippen molar-refractivity contribution in [1.82, 2.24) is 0 Å². The van der Waals surface area contributed by atoms with Gasteiger partial charge in [-0.3, -0.25) is 0 Å². The van der Waals surface area contributed by atoms with Gasteiger partial charge in [-0.1, -0.05) is 96.5 Å². The van der Waals surface area contributed by atoms with E-state index in [9.17, 15) is 0 Å². The minimum absolute atomic E-state index is 0.704. The van der Waals surface area contributed by atoms with Gasteiger partial charge in [0, 0.05) is 0 Å². The maximum atomic E-state index is 9.16. The molecule has 2 atom stereocenters. The quantitative estimate of drug-likeness (QED) is 0.215. The summed E-state index contributed by atoms with van der Waals surface area (Å²) in [6.45, 7) is 4.69. The van der Waals surface area contributed by atoms with E-state index in [1.807, 2.05) is 6.08 Å². The van der Waals surface area contributed by atoms with Crippen LogP contribution in [0.2, 0.25) is 0 Å². The van der Waals surface area contributed by atoms with E-state index in [4.69, 9.17) is 11.5 Å². The number of aliphatic hydroxyl groups excluding tert-OH is 1. The van der Waals surface area contributed by atoms with Gasteiger partial charge in [0.25, 0.3) is 0 Å². The van der Waals surface area contributed by atoms with E-state index >= 15 is 0 Å². The van der Waals surface area contributed by atoms with E-state index in [1.165, 1.54) is 77.0 Å². The number of unbranched alkanes of at least 4 members (excludes halogenated alkanes) is 9. The van der Waals surface area contributed by atoms with Crippen LogP contribution in [0.3, 0.4) is 0 Å². The molecule has 0 saturated heterocycles. The largest absolute Gasteiger partial charge is 0.377 e. The minimum atomic E-state index is -0.704. The molecule has 128 valence electrons. The number of terminal acetylenes is 1. The van der Waals surface area contributed by atoms with Crippen molar-refractivity contribution in [3.8, 4) is 12.3 Å². The molecule has 0 saturated carbocycles. The van der Waals surface area contributed by atoms with Crippen molar-refractivity contribution >= 4 is 0 Å². The molecule has 0 aromatic rings. The molecule has 0 fully saturated rings. The first-order valence-electron chi connectivity index (χ1n) is 9.51. The monoisotopic (exact) mass is 306 g/mol. The smallest absolute Gasteiger partial charge is 0.133 e. The highest BCUT2D eigenvalue weighted by atomic mass is 16.3. The maximum Gasteiger partial charge on any atom is 0.133 e. The molecule has 0 spiro atoms. The van der Waals surface area contributed by atoms with Crippen molar-refractivity contribution in [2.75, 3.05) is 0 Å². The highest BCUT2D eigenvalue weighted by molar-refractivity contribution is 5.05. The molecule has 0 aliphatic heterocycles. The molecule has 1 N–H and O–H groups in total. The van der Waals surface area contributed by atoms with E-state index in [0.717, 1.165) is 12.3 Å². The van der Waals surface area contributed by atoms with Gasteiger partial charge in [-0.2, -0.15) is 0 Å². The van der Waals surface area contributed by atoms with Crippen LogP contribution in [0.4, 0.5) is 0 Å². The van der Waals surface area contributed by atoms with E-state index < -0.39 is 6.10 Å². The number of hydrogen-bond donors (Lipinski definition) is 1. The Bertz CT molecular complexity index is 287. The molecule has 0 aromatic heterocycles. The van der Waals surface area contributed by atoms with E-state index in [0.29, 0.717) is 0 Å². The fourth-order valence-electron chi connectivity index (χ4n) is 2.79. The summed E-state index contributed by atoms with van der Waals surface area (Å²) in [5, 5.41) is 9.16. The van der Waals surface area contributed by atoms with Crippen molar-refractivity contribution in [2.24, 2.45) is 5.92 Å². The summed E-state index contributed by atoms with van der Waals surface area (Å²) in [4.78, 5) is 0. The highest BCUT2D eigenvalue weighted by Gasteiger charge is 2.00. The van der Waals surface area contributed by atoms with E-state index in [1.54, 1.807) is 6.08 Å². The predicted octanol–water partition coefficient (Wildman–Crippen LogP) is 6.26. The Labute approximate surface area is 139 Å². The minimum Gasteiger partial charge on any atom is -0.377 e. The third-order valence-corrected chi connectivity index (χ3v) is 4.36. The molecule has 0 heterocycles. The van der Waals surface area contributed by atoms with Crippen LogP contribution in [0.1, 0.15) is 97.3 Å². The Balaban J connectivity index is 3.18. The lowest BCUT2D eigenvalue weighted by molar-refractivity contribution is 0.280. The molecule has 1 nitrogen and oxygen atoms in total. The van der Waals surface area contributed by atoms with E-state index in [-0.39, 0.29) is 0 Å². The lowest BCUT2D eigenvalue weighted by Gasteiger charge is -2.10. The molecule has 0 aromatic carbocycles.